The Morgan fingerprint density at radius 3 is 2.46 bits per heavy atom. The van der Waals surface area contributed by atoms with Gasteiger partial charge < -0.3 is 18.9 Å². The highest BCUT2D eigenvalue weighted by atomic mass is 16.5. The Kier molecular flexibility index (Phi) is 7.50. The number of hydrogen-bond donors (Lipinski definition) is 0. The molecular weight excluding hydrogens is 488 g/mol. The minimum absolute atomic E-state index is 0.0800. The Morgan fingerprint density at radius 1 is 0.923 bits per heavy atom. The van der Waals surface area contributed by atoms with Crippen LogP contribution in [0.5, 0.6) is 11.5 Å². The van der Waals surface area contributed by atoms with Gasteiger partial charge in [-0.05, 0) is 92.9 Å². The second-order valence-corrected chi connectivity index (χ2v) is 10.5. The van der Waals surface area contributed by atoms with Crippen molar-refractivity contribution in [1.82, 2.24) is 19.4 Å². The summed E-state index contributed by atoms with van der Waals surface area (Å²) in [7, 11) is 1.67. The molecule has 1 amide bonds. The van der Waals surface area contributed by atoms with E-state index in [4.69, 9.17) is 9.47 Å². The summed E-state index contributed by atoms with van der Waals surface area (Å²) in [5.74, 6) is 1.69. The van der Waals surface area contributed by atoms with E-state index >= 15 is 0 Å². The molecule has 4 aromatic rings. The highest BCUT2D eigenvalue weighted by molar-refractivity contribution is 5.95. The van der Waals surface area contributed by atoms with E-state index in [1.165, 1.54) is 25.9 Å². The highest BCUT2D eigenvalue weighted by Gasteiger charge is 2.21. The molecule has 2 aliphatic heterocycles. The van der Waals surface area contributed by atoms with Crippen LogP contribution in [0.4, 0.5) is 0 Å². The summed E-state index contributed by atoms with van der Waals surface area (Å²) in [4.78, 5) is 21.8. The van der Waals surface area contributed by atoms with E-state index in [2.05, 4.69) is 44.8 Å². The van der Waals surface area contributed by atoms with Crippen LogP contribution in [-0.4, -0.2) is 71.7 Å². The van der Waals surface area contributed by atoms with E-state index < -0.39 is 0 Å². The molecule has 7 nitrogen and oxygen atoms in total. The van der Waals surface area contributed by atoms with Crippen LogP contribution in [-0.2, 0) is 6.54 Å². The summed E-state index contributed by atoms with van der Waals surface area (Å²) in [6.45, 7) is 6.32. The summed E-state index contributed by atoms with van der Waals surface area (Å²) in [5, 5.41) is 1.13. The number of carbonyl (C=O) groups excluding carboxylic acids is 1. The molecule has 0 spiro atoms. The maximum atomic E-state index is 13.0. The monoisotopic (exact) mass is 524 g/mol. The van der Waals surface area contributed by atoms with Gasteiger partial charge in [0.05, 0.1) is 25.4 Å². The summed E-state index contributed by atoms with van der Waals surface area (Å²) in [6, 6.07) is 18.4. The molecule has 6 rings (SSSR count). The first-order valence-electron chi connectivity index (χ1n) is 14.0. The Hall–Kier alpha value is -3.84. The lowest BCUT2D eigenvalue weighted by Gasteiger charge is -2.18. The molecule has 39 heavy (non-hydrogen) atoms. The zero-order chi connectivity index (χ0) is 26.6. The van der Waals surface area contributed by atoms with Crippen molar-refractivity contribution in [3.05, 3.63) is 78.1 Å². The third kappa shape index (κ3) is 5.50. The number of pyridine rings is 1. The number of ether oxygens (including phenoxy) is 2. The number of carbonyl (C=O) groups is 1. The fourth-order valence-corrected chi connectivity index (χ4v) is 5.81. The third-order valence-electron chi connectivity index (χ3n) is 7.99. The van der Waals surface area contributed by atoms with Gasteiger partial charge in [-0.25, -0.2) is 0 Å². The summed E-state index contributed by atoms with van der Waals surface area (Å²) in [5.41, 5.74) is 4.95. The number of hydrogen-bond acceptors (Lipinski definition) is 5. The number of aromatic nitrogens is 2. The predicted molar refractivity (Wildman–Crippen MR) is 154 cm³/mol. The van der Waals surface area contributed by atoms with Crippen LogP contribution >= 0.6 is 0 Å². The Morgan fingerprint density at radius 2 is 1.69 bits per heavy atom. The van der Waals surface area contributed by atoms with Gasteiger partial charge >= 0.3 is 0 Å². The van der Waals surface area contributed by atoms with Crippen LogP contribution in [0, 0.1) is 0 Å². The van der Waals surface area contributed by atoms with Gasteiger partial charge in [0, 0.05) is 48.0 Å². The van der Waals surface area contributed by atoms with Crippen molar-refractivity contribution in [2.45, 2.75) is 32.2 Å². The number of methoxy groups -OCH3 is 1. The Balaban J connectivity index is 1.25. The van der Waals surface area contributed by atoms with Crippen LogP contribution in [0.1, 0.15) is 41.6 Å². The van der Waals surface area contributed by atoms with Gasteiger partial charge in [-0.15, -0.1) is 0 Å². The van der Waals surface area contributed by atoms with Crippen LogP contribution in [0.25, 0.3) is 22.2 Å². The Bertz CT molecular complexity index is 1430. The van der Waals surface area contributed by atoms with Gasteiger partial charge in [-0.2, -0.15) is 0 Å². The molecule has 2 saturated heterocycles. The molecular formula is C32H36N4O3. The number of nitrogens with zero attached hydrogens (tertiary/aromatic N) is 4. The average molecular weight is 525 g/mol. The molecule has 0 radical (unpaired) electrons. The summed E-state index contributed by atoms with van der Waals surface area (Å²) < 4.78 is 14.1. The van der Waals surface area contributed by atoms with E-state index in [1.807, 2.05) is 41.6 Å². The number of amides is 1. The Labute approximate surface area is 230 Å². The fraction of sp³-hybridized carbons (Fsp3) is 0.375. The molecule has 0 unspecified atom stereocenters. The third-order valence-corrected chi connectivity index (χ3v) is 7.99. The predicted octanol–water partition coefficient (Wildman–Crippen LogP) is 5.47. The number of benzene rings is 2. The number of fused-ring (bicyclic) bond motifs is 1. The molecule has 0 bridgehead atoms. The zero-order valence-corrected chi connectivity index (χ0v) is 22.6. The molecule has 0 atom stereocenters. The smallest absolute Gasteiger partial charge is 0.253 e. The first kappa shape index (κ1) is 25.4. The van der Waals surface area contributed by atoms with Gasteiger partial charge in [0.25, 0.3) is 5.91 Å². The standard InChI is InChI=1S/C32H36N4O3/c1-38-31-21-26(32(37)35-16-4-5-17-35)6-7-27(31)23-36-29(20-25-12-13-33-22-30(25)36)24-8-10-28(11-9-24)39-19-18-34-14-2-3-15-34/h6-13,20-22H,2-5,14-19,23H2,1H3. The molecule has 4 heterocycles. The number of likely N-dealkylation sites (tertiary alicyclic amines) is 2. The van der Waals surface area contributed by atoms with E-state index in [1.54, 1.807) is 7.11 Å². The molecule has 2 fully saturated rings. The van der Waals surface area contributed by atoms with E-state index in [-0.39, 0.29) is 5.91 Å². The van der Waals surface area contributed by atoms with Crippen molar-refractivity contribution in [2.24, 2.45) is 0 Å². The maximum Gasteiger partial charge on any atom is 0.253 e. The molecule has 0 N–H and O–H groups in total. The fourth-order valence-electron chi connectivity index (χ4n) is 5.81. The van der Waals surface area contributed by atoms with E-state index in [9.17, 15) is 4.79 Å². The van der Waals surface area contributed by atoms with Gasteiger partial charge in [0.1, 0.15) is 18.1 Å². The highest BCUT2D eigenvalue weighted by Crippen LogP contribution is 2.32. The lowest BCUT2D eigenvalue weighted by Crippen LogP contribution is -2.27. The van der Waals surface area contributed by atoms with Crippen molar-refractivity contribution in [3.63, 3.8) is 0 Å². The maximum absolute atomic E-state index is 13.0. The SMILES string of the molecule is COc1cc(C(=O)N2CCCC2)ccc1Cn1c(-c2ccc(OCCN3CCCC3)cc2)cc2ccncc21. The summed E-state index contributed by atoms with van der Waals surface area (Å²) >= 11 is 0. The molecule has 7 heteroatoms. The van der Waals surface area contributed by atoms with Crippen molar-refractivity contribution >= 4 is 16.8 Å². The number of rotatable bonds is 9. The molecule has 2 aromatic carbocycles. The van der Waals surface area contributed by atoms with Crippen molar-refractivity contribution in [3.8, 4) is 22.8 Å². The van der Waals surface area contributed by atoms with Gasteiger partial charge in [-0.1, -0.05) is 6.07 Å². The van der Waals surface area contributed by atoms with Gasteiger partial charge in [-0.3, -0.25) is 14.7 Å². The second-order valence-electron chi connectivity index (χ2n) is 10.5. The molecule has 2 aliphatic rings. The first-order valence-corrected chi connectivity index (χ1v) is 14.0. The molecule has 2 aromatic heterocycles. The average Bonchev–Trinajstić information content (AvgIpc) is 3.76. The van der Waals surface area contributed by atoms with Crippen LogP contribution in [0.2, 0.25) is 0 Å². The van der Waals surface area contributed by atoms with Crippen LogP contribution < -0.4 is 9.47 Å². The zero-order valence-electron chi connectivity index (χ0n) is 22.6. The minimum Gasteiger partial charge on any atom is -0.496 e. The van der Waals surface area contributed by atoms with Crippen molar-refractivity contribution < 1.29 is 14.3 Å². The lowest BCUT2D eigenvalue weighted by molar-refractivity contribution is 0.0792. The quantitative estimate of drug-likeness (QED) is 0.291. The molecule has 0 aliphatic carbocycles. The second kappa shape index (κ2) is 11.5. The van der Waals surface area contributed by atoms with Crippen LogP contribution in [0.3, 0.4) is 0 Å². The van der Waals surface area contributed by atoms with Crippen molar-refractivity contribution in [2.75, 3.05) is 46.4 Å². The first-order chi connectivity index (χ1) is 19.2. The summed E-state index contributed by atoms with van der Waals surface area (Å²) in [6.07, 6.45) is 8.48. The molecule has 202 valence electrons. The van der Waals surface area contributed by atoms with E-state index in [0.29, 0.717) is 18.7 Å². The van der Waals surface area contributed by atoms with Gasteiger partial charge in [0.15, 0.2) is 0 Å². The largest absolute Gasteiger partial charge is 0.496 e. The molecule has 0 saturated carbocycles. The van der Waals surface area contributed by atoms with E-state index in [0.717, 1.165) is 71.7 Å². The van der Waals surface area contributed by atoms with Crippen molar-refractivity contribution in [1.29, 1.82) is 0 Å². The normalized spacial score (nSPS) is 15.8. The lowest BCUT2D eigenvalue weighted by atomic mass is 10.1. The topological polar surface area (TPSA) is 59.8 Å². The minimum atomic E-state index is 0.0800. The van der Waals surface area contributed by atoms with Gasteiger partial charge in [0.2, 0.25) is 0 Å². The van der Waals surface area contributed by atoms with Crippen LogP contribution in [0.15, 0.2) is 67.0 Å².